The first-order chi connectivity index (χ1) is 11.3. The number of thioether (sulfide) groups is 2. The monoisotopic (exact) mass is 385 g/mol. The van der Waals surface area contributed by atoms with Crippen molar-refractivity contribution in [2.24, 2.45) is 0 Å². The van der Waals surface area contributed by atoms with Gasteiger partial charge in [0.2, 0.25) is 0 Å². The van der Waals surface area contributed by atoms with Gasteiger partial charge in [0.05, 0.1) is 4.58 Å². The number of nitrogens with one attached hydrogen (secondary N) is 3. The normalized spacial score (nSPS) is 15.0. The van der Waals surface area contributed by atoms with Gasteiger partial charge >= 0.3 is 0 Å². The van der Waals surface area contributed by atoms with Gasteiger partial charge in [0.15, 0.2) is 11.7 Å². The summed E-state index contributed by atoms with van der Waals surface area (Å²) in [6.07, 6.45) is 0. The predicted octanol–water partition coefficient (Wildman–Crippen LogP) is 2.84. The smallest absolute Gasteiger partial charge is 0.276 e. The van der Waals surface area contributed by atoms with E-state index in [1.165, 1.54) is 0 Å². The first-order valence-corrected chi connectivity index (χ1v) is 10.2. The van der Waals surface area contributed by atoms with E-state index >= 15 is 0 Å². The van der Waals surface area contributed by atoms with Crippen LogP contribution in [0.4, 0.5) is 0 Å². The fourth-order valence-corrected chi connectivity index (χ4v) is 5.29. The van der Waals surface area contributed by atoms with Gasteiger partial charge in [0.1, 0.15) is 5.75 Å². The third kappa shape index (κ3) is 6.41. The van der Waals surface area contributed by atoms with Crippen molar-refractivity contribution >= 4 is 46.8 Å². The Bertz CT molecular complexity index is 584. The van der Waals surface area contributed by atoms with Crippen LogP contribution in [0.3, 0.4) is 0 Å². The van der Waals surface area contributed by atoms with Crippen LogP contribution in [-0.4, -0.2) is 34.7 Å². The van der Waals surface area contributed by atoms with Gasteiger partial charge in [-0.15, -0.1) is 23.5 Å². The Kier molecular flexibility index (Phi) is 7.06. The quantitative estimate of drug-likeness (QED) is 0.544. The molecule has 0 radical (unpaired) electrons. The minimum atomic E-state index is -0.283. The topological polar surface area (TPSA) is 62.4 Å². The molecule has 8 heteroatoms. The zero-order valence-corrected chi connectivity index (χ0v) is 16.5. The number of benzene rings is 1. The summed E-state index contributed by atoms with van der Waals surface area (Å²) in [5, 5.41) is 3.42. The van der Waals surface area contributed by atoms with Crippen LogP contribution < -0.4 is 20.9 Å². The largest absolute Gasteiger partial charge is 0.483 e. The van der Waals surface area contributed by atoms with E-state index in [1.54, 1.807) is 0 Å². The maximum Gasteiger partial charge on any atom is 0.276 e. The Morgan fingerprint density at radius 1 is 1.25 bits per heavy atom. The van der Waals surface area contributed by atoms with E-state index in [-0.39, 0.29) is 18.1 Å². The Labute approximate surface area is 157 Å². The molecule has 1 aromatic carbocycles. The van der Waals surface area contributed by atoms with Gasteiger partial charge < -0.3 is 10.1 Å². The molecule has 0 saturated carbocycles. The molecule has 5 nitrogen and oxygen atoms in total. The van der Waals surface area contributed by atoms with Crippen molar-refractivity contribution < 1.29 is 9.53 Å². The second-order valence-electron chi connectivity index (χ2n) is 6.28. The number of hydrazine groups is 1. The maximum absolute atomic E-state index is 11.9. The zero-order valence-electron chi connectivity index (χ0n) is 14.0. The van der Waals surface area contributed by atoms with Crippen molar-refractivity contribution in [2.45, 2.75) is 30.9 Å². The molecule has 0 aliphatic carbocycles. The predicted molar refractivity (Wildman–Crippen MR) is 106 cm³/mol. The number of rotatable bonds is 4. The molecule has 3 N–H and O–H groups in total. The van der Waals surface area contributed by atoms with E-state index in [0.717, 1.165) is 22.8 Å². The summed E-state index contributed by atoms with van der Waals surface area (Å²) in [6.45, 7) is 5.90. The van der Waals surface area contributed by atoms with Crippen LogP contribution in [0.15, 0.2) is 24.3 Å². The molecule has 0 unspecified atom stereocenters. The summed E-state index contributed by atoms with van der Waals surface area (Å²) >= 11 is 8.92. The van der Waals surface area contributed by atoms with E-state index in [0.29, 0.717) is 9.69 Å². The second kappa shape index (κ2) is 8.82. The highest BCUT2D eigenvalue weighted by Crippen LogP contribution is 2.48. The van der Waals surface area contributed by atoms with Gasteiger partial charge in [-0.3, -0.25) is 15.6 Å². The number of ether oxygens (including phenoxy) is 1. The molecule has 1 heterocycles. The first kappa shape index (κ1) is 19.2. The molecule has 1 aliphatic heterocycles. The summed E-state index contributed by atoms with van der Waals surface area (Å²) in [4.78, 5) is 11.9. The fraction of sp³-hybridized carbons (Fsp3) is 0.500. The van der Waals surface area contributed by atoms with Crippen molar-refractivity contribution in [3.8, 4) is 5.75 Å². The second-order valence-corrected chi connectivity index (χ2v) is 9.41. The lowest BCUT2D eigenvalue weighted by Crippen LogP contribution is -2.53. The van der Waals surface area contributed by atoms with E-state index in [4.69, 9.17) is 17.0 Å². The molecule has 0 aromatic heterocycles. The van der Waals surface area contributed by atoms with Crippen molar-refractivity contribution in [3.05, 3.63) is 29.8 Å². The average Bonchev–Trinajstić information content (AvgIpc) is 3.04. The molecule has 24 heavy (non-hydrogen) atoms. The van der Waals surface area contributed by atoms with E-state index in [9.17, 15) is 4.79 Å². The third-order valence-electron chi connectivity index (χ3n) is 2.96. The van der Waals surface area contributed by atoms with Crippen LogP contribution in [0, 0.1) is 0 Å². The minimum Gasteiger partial charge on any atom is -0.483 e. The van der Waals surface area contributed by atoms with E-state index in [2.05, 4.69) is 22.2 Å². The highest BCUT2D eigenvalue weighted by Gasteiger charge is 2.21. The SMILES string of the molecule is CC(C)(C)NC(=S)NNC(=O)COc1ccccc1C1SCCS1. The molecule has 0 spiro atoms. The van der Waals surface area contributed by atoms with Crippen molar-refractivity contribution in [1.82, 2.24) is 16.2 Å². The summed E-state index contributed by atoms with van der Waals surface area (Å²) < 4.78 is 6.08. The van der Waals surface area contributed by atoms with Crippen LogP contribution in [0.2, 0.25) is 0 Å². The summed E-state index contributed by atoms with van der Waals surface area (Å²) in [5.41, 5.74) is 6.18. The van der Waals surface area contributed by atoms with Crippen LogP contribution in [0.5, 0.6) is 5.75 Å². The average molecular weight is 386 g/mol. The number of carbonyl (C=O) groups is 1. The van der Waals surface area contributed by atoms with Gasteiger partial charge in [-0.25, -0.2) is 0 Å². The molecule has 0 atom stereocenters. The number of hydrogen-bond donors (Lipinski definition) is 3. The molecule has 2 rings (SSSR count). The molecule has 1 aromatic rings. The number of thiocarbonyl (C=S) groups is 1. The molecule has 1 amide bonds. The summed E-state index contributed by atoms with van der Waals surface area (Å²) in [6, 6.07) is 7.88. The van der Waals surface area contributed by atoms with Crippen LogP contribution in [-0.2, 0) is 4.79 Å². The van der Waals surface area contributed by atoms with Gasteiger partial charge in [0, 0.05) is 22.6 Å². The van der Waals surface area contributed by atoms with E-state index < -0.39 is 0 Å². The standard InChI is InChI=1S/C16H23N3O2S3/c1-16(2,3)17-15(22)19-18-13(20)10-21-12-7-5-4-6-11(12)14-23-8-9-24-14/h4-7,14H,8-10H2,1-3H3,(H,18,20)(H2,17,19,22). The number of para-hydroxylation sites is 1. The first-order valence-electron chi connectivity index (χ1n) is 7.67. The maximum atomic E-state index is 11.9. The molecular weight excluding hydrogens is 362 g/mol. The van der Waals surface area contributed by atoms with Crippen molar-refractivity contribution in [3.63, 3.8) is 0 Å². The van der Waals surface area contributed by atoms with Gasteiger partial charge in [-0.1, -0.05) is 18.2 Å². The molecule has 1 fully saturated rings. The van der Waals surface area contributed by atoms with Crippen LogP contribution >= 0.6 is 35.7 Å². The molecule has 132 valence electrons. The summed E-state index contributed by atoms with van der Waals surface area (Å²) in [7, 11) is 0. The number of carbonyl (C=O) groups excluding carboxylic acids is 1. The van der Waals surface area contributed by atoms with Crippen molar-refractivity contribution in [2.75, 3.05) is 18.1 Å². The number of hydrogen-bond acceptors (Lipinski definition) is 5. The lowest BCUT2D eigenvalue weighted by Gasteiger charge is -2.23. The van der Waals surface area contributed by atoms with Crippen LogP contribution in [0.1, 0.15) is 30.9 Å². The fourth-order valence-electron chi connectivity index (χ4n) is 2.02. The number of amides is 1. The highest BCUT2D eigenvalue weighted by atomic mass is 32.2. The Morgan fingerprint density at radius 3 is 2.58 bits per heavy atom. The van der Waals surface area contributed by atoms with Gasteiger partial charge in [-0.05, 0) is 39.1 Å². The highest BCUT2D eigenvalue weighted by molar-refractivity contribution is 8.19. The molecule has 1 saturated heterocycles. The summed E-state index contributed by atoms with van der Waals surface area (Å²) in [5.74, 6) is 2.77. The minimum absolute atomic E-state index is 0.0653. The third-order valence-corrected chi connectivity index (χ3v) is 6.23. The van der Waals surface area contributed by atoms with Crippen LogP contribution in [0.25, 0.3) is 0 Å². The zero-order chi connectivity index (χ0) is 17.6. The van der Waals surface area contributed by atoms with Gasteiger partial charge in [0.25, 0.3) is 5.91 Å². The van der Waals surface area contributed by atoms with Crippen molar-refractivity contribution in [1.29, 1.82) is 0 Å². The Morgan fingerprint density at radius 2 is 1.92 bits per heavy atom. The molecular formula is C16H23N3O2S3. The lowest BCUT2D eigenvalue weighted by atomic mass is 10.1. The lowest BCUT2D eigenvalue weighted by molar-refractivity contribution is -0.123. The Hall–Kier alpha value is -1.12. The van der Waals surface area contributed by atoms with Gasteiger partial charge in [-0.2, -0.15) is 0 Å². The molecule has 1 aliphatic rings. The Balaban J connectivity index is 1.81. The van der Waals surface area contributed by atoms with E-state index in [1.807, 2.05) is 62.5 Å². The molecule has 0 bridgehead atoms.